The monoisotopic (exact) mass is 485 g/mol. The molecule has 2 N–H and O–H groups in total. The van der Waals surface area contributed by atoms with Gasteiger partial charge in [0.2, 0.25) is 13.3 Å². The van der Waals surface area contributed by atoms with Crippen molar-refractivity contribution < 1.29 is 14.3 Å². The normalized spacial score (nSPS) is 24.7. The summed E-state index contributed by atoms with van der Waals surface area (Å²) in [6.07, 6.45) is 8.84. The van der Waals surface area contributed by atoms with Gasteiger partial charge in [-0.25, -0.2) is 0 Å². The lowest BCUT2D eigenvalue weighted by Crippen LogP contribution is -2.35. The summed E-state index contributed by atoms with van der Waals surface area (Å²) in [4.78, 5) is 23.0. The van der Waals surface area contributed by atoms with Crippen molar-refractivity contribution in [1.82, 2.24) is 5.32 Å². The molecule has 4 nitrogen and oxygen atoms in total. The lowest BCUT2D eigenvalue weighted by molar-refractivity contribution is -0.119. The second-order valence-electron chi connectivity index (χ2n) is 6.40. The summed E-state index contributed by atoms with van der Waals surface area (Å²) in [5.41, 5.74) is 0.418. The van der Waals surface area contributed by atoms with Gasteiger partial charge in [-0.3, -0.25) is 9.36 Å². The van der Waals surface area contributed by atoms with Gasteiger partial charge in [-0.1, -0.05) is 51.8 Å². The van der Waals surface area contributed by atoms with E-state index in [1.807, 2.05) is 47.9 Å². The number of benzene rings is 1. The van der Waals surface area contributed by atoms with Crippen LogP contribution >= 0.6 is 46.7 Å². The van der Waals surface area contributed by atoms with Crippen LogP contribution in [0.5, 0.6) is 0 Å². The summed E-state index contributed by atoms with van der Waals surface area (Å²) >= 11 is 11.0. The number of hydrogen-bond donors (Lipinski definition) is 2. The summed E-state index contributed by atoms with van der Waals surface area (Å²) in [5.74, 6) is -0.654. The van der Waals surface area contributed by atoms with E-state index in [2.05, 4.69) is 21.2 Å². The molecule has 1 aromatic carbocycles. The second kappa shape index (κ2) is 8.54. The number of hydrogen-bond acceptors (Lipinski definition) is 3. The predicted molar refractivity (Wildman–Crippen MR) is 117 cm³/mol. The lowest BCUT2D eigenvalue weighted by atomic mass is 9.90. The molecular weight excluding hydrogens is 469 g/mol. The van der Waals surface area contributed by atoms with E-state index < -0.39 is 18.9 Å². The van der Waals surface area contributed by atoms with Crippen LogP contribution in [0.15, 0.2) is 69.2 Å². The molecule has 4 unspecified atom stereocenters. The summed E-state index contributed by atoms with van der Waals surface area (Å²) in [6.45, 7) is 1.22. The first-order valence-corrected chi connectivity index (χ1v) is 12.5. The van der Waals surface area contributed by atoms with Gasteiger partial charge in [0.1, 0.15) is 5.66 Å². The Morgan fingerprint density at radius 2 is 2.26 bits per heavy atom. The van der Waals surface area contributed by atoms with Crippen LogP contribution in [0, 0.1) is 5.92 Å². The highest BCUT2D eigenvalue weighted by atomic mass is 79.9. The van der Waals surface area contributed by atoms with E-state index >= 15 is 0 Å². The van der Waals surface area contributed by atoms with Gasteiger partial charge in [0.05, 0.1) is 0 Å². The van der Waals surface area contributed by atoms with Crippen molar-refractivity contribution in [3.05, 3.63) is 74.7 Å². The molecule has 1 amide bonds. The van der Waals surface area contributed by atoms with E-state index in [0.29, 0.717) is 10.6 Å². The molecule has 0 fully saturated rings. The number of rotatable bonds is 5. The maximum absolute atomic E-state index is 12.8. The topological polar surface area (TPSA) is 66.4 Å². The molecule has 2 aliphatic rings. The van der Waals surface area contributed by atoms with Crippen LogP contribution in [-0.2, 0) is 9.36 Å². The van der Waals surface area contributed by atoms with Crippen LogP contribution in [0.25, 0.3) is 6.08 Å². The van der Waals surface area contributed by atoms with Crippen molar-refractivity contribution >= 4 is 58.6 Å². The Labute approximate surface area is 176 Å². The number of carbonyl (C=O) groups is 1. The zero-order valence-corrected chi connectivity index (χ0v) is 18.4. The SMILES string of the molecule is CP(=O)(O)C(C(=O)N/C=C/c1cccc(Br)c1)C1=CSC2C=CC(Cl)=CC12. The van der Waals surface area contributed by atoms with Crippen molar-refractivity contribution in [2.45, 2.75) is 10.9 Å². The Bertz CT molecular complexity index is 921. The van der Waals surface area contributed by atoms with Crippen LogP contribution < -0.4 is 5.32 Å². The maximum atomic E-state index is 12.8. The molecule has 4 atom stereocenters. The van der Waals surface area contributed by atoms with E-state index in [1.165, 1.54) is 24.6 Å². The van der Waals surface area contributed by atoms with Gasteiger partial charge in [0, 0.05) is 33.5 Å². The minimum atomic E-state index is -3.72. The van der Waals surface area contributed by atoms with Crippen LogP contribution in [0.3, 0.4) is 0 Å². The third-order valence-electron chi connectivity index (χ3n) is 4.28. The average molecular weight is 487 g/mol. The first-order valence-electron chi connectivity index (χ1n) is 8.19. The highest BCUT2D eigenvalue weighted by Gasteiger charge is 2.43. The Morgan fingerprint density at radius 1 is 1.48 bits per heavy atom. The van der Waals surface area contributed by atoms with Gasteiger partial charge >= 0.3 is 0 Å². The van der Waals surface area contributed by atoms with Crippen molar-refractivity contribution in [2.75, 3.05) is 6.66 Å². The van der Waals surface area contributed by atoms with Gasteiger partial charge in [-0.2, -0.15) is 0 Å². The number of thioether (sulfide) groups is 1. The van der Waals surface area contributed by atoms with Crippen molar-refractivity contribution in [3.8, 4) is 0 Å². The largest absolute Gasteiger partial charge is 0.344 e. The smallest absolute Gasteiger partial charge is 0.240 e. The van der Waals surface area contributed by atoms with Crippen LogP contribution in [-0.4, -0.2) is 28.4 Å². The molecule has 0 saturated heterocycles. The van der Waals surface area contributed by atoms with Crippen molar-refractivity contribution in [2.24, 2.45) is 5.92 Å². The summed E-state index contributed by atoms with van der Waals surface area (Å²) in [5, 5.41) is 5.14. The Hall–Kier alpha value is -1.04. The maximum Gasteiger partial charge on any atom is 0.240 e. The number of halogens is 2. The molecule has 8 heteroatoms. The van der Waals surface area contributed by atoms with Gasteiger partial charge in [0.15, 0.2) is 0 Å². The number of amides is 1. The molecule has 1 aromatic rings. The summed E-state index contributed by atoms with van der Waals surface area (Å²) < 4.78 is 13.4. The molecule has 0 radical (unpaired) electrons. The molecule has 0 saturated carbocycles. The first-order chi connectivity index (χ1) is 12.8. The van der Waals surface area contributed by atoms with E-state index in [4.69, 9.17) is 11.6 Å². The second-order valence-corrected chi connectivity index (χ2v) is 11.2. The van der Waals surface area contributed by atoms with Crippen LogP contribution in [0.4, 0.5) is 0 Å². The van der Waals surface area contributed by atoms with E-state index in [-0.39, 0.29) is 11.2 Å². The molecule has 1 aliphatic heterocycles. The molecule has 0 bridgehead atoms. The Balaban J connectivity index is 1.78. The third kappa shape index (κ3) is 5.07. The van der Waals surface area contributed by atoms with Crippen LogP contribution in [0.1, 0.15) is 5.56 Å². The Kier molecular flexibility index (Phi) is 6.54. The number of fused-ring (bicyclic) bond motifs is 1. The summed E-state index contributed by atoms with van der Waals surface area (Å²) in [7, 11) is -3.72. The number of allylic oxidation sites excluding steroid dienone is 3. The molecular formula is C19H18BrClNO3PS. The van der Waals surface area contributed by atoms with E-state index in [1.54, 1.807) is 6.08 Å². The summed E-state index contributed by atoms with van der Waals surface area (Å²) in [6, 6.07) is 7.58. The molecule has 27 heavy (non-hydrogen) atoms. The number of carbonyl (C=O) groups excluding carboxylic acids is 1. The molecule has 0 aromatic heterocycles. The average Bonchev–Trinajstić information content (AvgIpc) is 2.96. The fraction of sp³-hybridized carbons (Fsp3) is 0.211. The minimum Gasteiger partial charge on any atom is -0.344 e. The minimum absolute atomic E-state index is 0.0987. The van der Waals surface area contributed by atoms with Gasteiger partial charge < -0.3 is 10.2 Å². The highest BCUT2D eigenvalue weighted by Crippen LogP contribution is 2.53. The van der Waals surface area contributed by atoms with Crippen molar-refractivity contribution in [1.29, 1.82) is 0 Å². The van der Waals surface area contributed by atoms with Gasteiger partial charge in [-0.15, -0.1) is 11.8 Å². The predicted octanol–water partition coefficient (Wildman–Crippen LogP) is 5.11. The molecule has 3 rings (SSSR count). The van der Waals surface area contributed by atoms with E-state index in [0.717, 1.165) is 10.0 Å². The zero-order chi connectivity index (χ0) is 19.6. The number of nitrogens with one attached hydrogen (secondary N) is 1. The van der Waals surface area contributed by atoms with Crippen LogP contribution in [0.2, 0.25) is 0 Å². The van der Waals surface area contributed by atoms with E-state index in [9.17, 15) is 14.3 Å². The van der Waals surface area contributed by atoms with Gasteiger partial charge in [0.25, 0.3) is 0 Å². The fourth-order valence-corrected chi connectivity index (χ4v) is 6.30. The Morgan fingerprint density at radius 3 is 2.96 bits per heavy atom. The standard InChI is InChI=1S/C19H18BrClNO3PS/c1-26(24,25)18(16-11-27-17-6-5-14(21)10-15(16)17)19(23)22-8-7-12-3-2-4-13(20)9-12/h2-11,15,17-18H,1H3,(H,22,23)(H,24,25)/b8-7+. The molecule has 1 aliphatic carbocycles. The first kappa shape index (κ1) is 20.7. The molecule has 142 valence electrons. The lowest BCUT2D eigenvalue weighted by Gasteiger charge is -2.26. The third-order valence-corrected chi connectivity index (χ3v) is 7.69. The molecule has 1 heterocycles. The zero-order valence-electron chi connectivity index (χ0n) is 14.4. The van der Waals surface area contributed by atoms with Crippen molar-refractivity contribution in [3.63, 3.8) is 0 Å². The quantitative estimate of drug-likeness (QED) is 0.568. The van der Waals surface area contributed by atoms with Gasteiger partial charge in [-0.05, 0) is 40.8 Å². The highest BCUT2D eigenvalue weighted by molar-refractivity contribution is 9.10. The molecule has 0 spiro atoms. The fourth-order valence-electron chi connectivity index (χ4n) is 3.08.